The molecule has 0 radical (unpaired) electrons. The molecule has 0 bridgehead atoms. The fourth-order valence-electron chi connectivity index (χ4n) is 3.32. The standard InChI is InChI=1S/C25H27NO/c1-2-3-19-25(27,22-15-9-5-10-16-22)20-24(21-13-7-4-8-14-21)26-23-17-11-6-12-18-23/h4-18,27H,2-3,19-20H2,1H3. The van der Waals surface area contributed by atoms with Crippen LogP contribution in [0.15, 0.2) is 96.0 Å². The van der Waals surface area contributed by atoms with Crippen molar-refractivity contribution in [3.05, 3.63) is 102 Å². The van der Waals surface area contributed by atoms with E-state index in [1.807, 2.05) is 78.9 Å². The molecule has 0 aromatic heterocycles. The molecule has 1 atom stereocenters. The van der Waals surface area contributed by atoms with Crippen molar-refractivity contribution in [2.45, 2.75) is 38.2 Å². The third-order valence-electron chi connectivity index (χ3n) is 4.84. The molecule has 1 N–H and O–H groups in total. The van der Waals surface area contributed by atoms with Gasteiger partial charge in [0.2, 0.25) is 0 Å². The smallest absolute Gasteiger partial charge is 0.0952 e. The fraction of sp³-hybridized carbons (Fsp3) is 0.240. The molecule has 0 aliphatic carbocycles. The molecular formula is C25H27NO. The van der Waals surface area contributed by atoms with Gasteiger partial charge >= 0.3 is 0 Å². The average Bonchev–Trinajstić information content (AvgIpc) is 2.74. The molecule has 0 fully saturated rings. The molecule has 0 saturated carbocycles. The first kappa shape index (κ1) is 19.1. The number of benzene rings is 3. The topological polar surface area (TPSA) is 32.6 Å². The van der Waals surface area contributed by atoms with Crippen LogP contribution in [-0.4, -0.2) is 10.8 Å². The van der Waals surface area contributed by atoms with Gasteiger partial charge in [0.25, 0.3) is 0 Å². The summed E-state index contributed by atoms with van der Waals surface area (Å²) in [6.07, 6.45) is 3.22. The summed E-state index contributed by atoms with van der Waals surface area (Å²) in [6, 6.07) is 30.1. The van der Waals surface area contributed by atoms with E-state index < -0.39 is 5.60 Å². The Kier molecular flexibility index (Phi) is 6.56. The average molecular weight is 357 g/mol. The second-order valence-electron chi connectivity index (χ2n) is 6.94. The number of nitrogens with zero attached hydrogens (tertiary/aromatic N) is 1. The van der Waals surface area contributed by atoms with Crippen LogP contribution in [0, 0.1) is 0 Å². The lowest BCUT2D eigenvalue weighted by atomic mass is 9.82. The van der Waals surface area contributed by atoms with Gasteiger partial charge in [-0.05, 0) is 29.7 Å². The van der Waals surface area contributed by atoms with Gasteiger partial charge in [-0.25, -0.2) is 0 Å². The monoisotopic (exact) mass is 357 g/mol. The number of rotatable bonds is 8. The van der Waals surface area contributed by atoms with Crippen molar-refractivity contribution in [1.82, 2.24) is 0 Å². The lowest BCUT2D eigenvalue weighted by Gasteiger charge is -2.29. The minimum atomic E-state index is -0.930. The molecular weight excluding hydrogens is 330 g/mol. The number of para-hydroxylation sites is 1. The zero-order valence-corrected chi connectivity index (χ0v) is 15.9. The Hall–Kier alpha value is -2.71. The molecule has 0 aliphatic heterocycles. The third kappa shape index (κ3) is 5.15. The van der Waals surface area contributed by atoms with Gasteiger partial charge in [-0.1, -0.05) is 98.6 Å². The zero-order valence-electron chi connectivity index (χ0n) is 15.9. The van der Waals surface area contributed by atoms with E-state index in [1.54, 1.807) is 0 Å². The minimum Gasteiger partial charge on any atom is -0.385 e. The van der Waals surface area contributed by atoms with Crippen molar-refractivity contribution in [3.63, 3.8) is 0 Å². The highest BCUT2D eigenvalue weighted by Gasteiger charge is 2.30. The molecule has 0 aliphatic rings. The summed E-state index contributed by atoms with van der Waals surface area (Å²) < 4.78 is 0. The van der Waals surface area contributed by atoms with Crippen LogP contribution in [0.4, 0.5) is 5.69 Å². The molecule has 3 aromatic carbocycles. The summed E-state index contributed by atoms with van der Waals surface area (Å²) >= 11 is 0. The van der Waals surface area contributed by atoms with Gasteiger partial charge in [0.15, 0.2) is 0 Å². The summed E-state index contributed by atoms with van der Waals surface area (Å²) in [5.41, 5.74) is 2.88. The van der Waals surface area contributed by atoms with Crippen LogP contribution >= 0.6 is 0 Å². The number of aliphatic imine (C=N–C) groups is 1. The maximum absolute atomic E-state index is 11.6. The lowest BCUT2D eigenvalue weighted by Crippen LogP contribution is -2.29. The van der Waals surface area contributed by atoms with Crippen LogP contribution in [0.2, 0.25) is 0 Å². The van der Waals surface area contributed by atoms with E-state index >= 15 is 0 Å². The van der Waals surface area contributed by atoms with E-state index in [4.69, 9.17) is 4.99 Å². The second kappa shape index (κ2) is 9.29. The van der Waals surface area contributed by atoms with Gasteiger partial charge in [0, 0.05) is 6.42 Å². The van der Waals surface area contributed by atoms with Gasteiger partial charge in [0.1, 0.15) is 0 Å². The first-order valence-electron chi connectivity index (χ1n) is 9.67. The van der Waals surface area contributed by atoms with Crippen molar-refractivity contribution in [3.8, 4) is 0 Å². The van der Waals surface area contributed by atoms with E-state index in [1.165, 1.54) is 0 Å². The normalized spacial score (nSPS) is 13.9. The Bertz CT molecular complexity index is 843. The van der Waals surface area contributed by atoms with Gasteiger partial charge in [-0.3, -0.25) is 4.99 Å². The number of hydrogen-bond acceptors (Lipinski definition) is 2. The summed E-state index contributed by atoms with van der Waals surface area (Å²) in [5.74, 6) is 0. The number of aliphatic hydroxyl groups is 1. The predicted molar refractivity (Wildman–Crippen MR) is 114 cm³/mol. The van der Waals surface area contributed by atoms with Crippen molar-refractivity contribution in [2.75, 3.05) is 0 Å². The molecule has 138 valence electrons. The van der Waals surface area contributed by atoms with Crippen molar-refractivity contribution < 1.29 is 5.11 Å². The Labute approximate surface area is 162 Å². The quantitative estimate of drug-likeness (QED) is 0.473. The molecule has 27 heavy (non-hydrogen) atoms. The Morgan fingerprint density at radius 3 is 1.96 bits per heavy atom. The van der Waals surface area contributed by atoms with Crippen molar-refractivity contribution >= 4 is 11.4 Å². The Morgan fingerprint density at radius 2 is 1.37 bits per heavy atom. The highest BCUT2D eigenvalue weighted by Crippen LogP contribution is 2.33. The van der Waals surface area contributed by atoms with E-state index in [2.05, 4.69) is 19.1 Å². The maximum Gasteiger partial charge on any atom is 0.0952 e. The molecule has 0 heterocycles. The Morgan fingerprint density at radius 1 is 0.815 bits per heavy atom. The SMILES string of the molecule is CCCCC(O)(CC(=Nc1ccccc1)c1ccccc1)c1ccccc1. The molecule has 0 amide bonds. The molecule has 1 unspecified atom stereocenters. The molecule has 0 spiro atoms. The Balaban J connectivity index is 2.01. The fourth-order valence-corrected chi connectivity index (χ4v) is 3.32. The van der Waals surface area contributed by atoms with Gasteiger partial charge in [-0.15, -0.1) is 0 Å². The van der Waals surface area contributed by atoms with Gasteiger partial charge in [0.05, 0.1) is 17.0 Å². The molecule has 2 nitrogen and oxygen atoms in total. The molecule has 2 heteroatoms. The third-order valence-corrected chi connectivity index (χ3v) is 4.84. The van der Waals surface area contributed by atoms with E-state index in [-0.39, 0.29) is 0 Å². The van der Waals surface area contributed by atoms with Crippen LogP contribution < -0.4 is 0 Å². The van der Waals surface area contributed by atoms with Crippen LogP contribution in [0.3, 0.4) is 0 Å². The lowest BCUT2D eigenvalue weighted by molar-refractivity contribution is 0.0328. The first-order chi connectivity index (χ1) is 13.2. The van der Waals surface area contributed by atoms with Gasteiger partial charge < -0.3 is 5.11 Å². The van der Waals surface area contributed by atoms with E-state index in [0.29, 0.717) is 12.8 Å². The van der Waals surface area contributed by atoms with Crippen molar-refractivity contribution in [1.29, 1.82) is 0 Å². The summed E-state index contributed by atoms with van der Waals surface area (Å²) in [4.78, 5) is 4.90. The van der Waals surface area contributed by atoms with E-state index in [9.17, 15) is 5.11 Å². The highest BCUT2D eigenvalue weighted by atomic mass is 16.3. The zero-order chi connectivity index (χ0) is 19.0. The molecule has 3 rings (SSSR count). The molecule has 3 aromatic rings. The summed E-state index contributed by atoms with van der Waals surface area (Å²) in [6.45, 7) is 2.15. The maximum atomic E-state index is 11.6. The first-order valence-corrected chi connectivity index (χ1v) is 9.67. The summed E-state index contributed by atoms with van der Waals surface area (Å²) in [7, 11) is 0. The largest absolute Gasteiger partial charge is 0.385 e. The van der Waals surface area contributed by atoms with Crippen molar-refractivity contribution in [2.24, 2.45) is 4.99 Å². The van der Waals surface area contributed by atoms with Crippen LogP contribution in [0.25, 0.3) is 0 Å². The summed E-state index contributed by atoms with van der Waals surface area (Å²) in [5, 5.41) is 11.6. The second-order valence-corrected chi connectivity index (χ2v) is 6.94. The molecule has 0 saturated heterocycles. The number of unbranched alkanes of at least 4 members (excludes halogenated alkanes) is 1. The minimum absolute atomic E-state index is 0.482. The van der Waals surface area contributed by atoms with Crippen LogP contribution in [-0.2, 0) is 5.60 Å². The highest BCUT2D eigenvalue weighted by molar-refractivity contribution is 6.02. The number of hydrogen-bond donors (Lipinski definition) is 1. The predicted octanol–water partition coefficient (Wildman–Crippen LogP) is 6.28. The van der Waals surface area contributed by atoms with Crippen LogP contribution in [0.1, 0.15) is 43.7 Å². The van der Waals surface area contributed by atoms with Gasteiger partial charge in [-0.2, -0.15) is 0 Å². The van der Waals surface area contributed by atoms with Crippen LogP contribution in [0.5, 0.6) is 0 Å². The van der Waals surface area contributed by atoms with E-state index in [0.717, 1.165) is 35.4 Å².